The molecule has 0 aliphatic heterocycles. The third kappa shape index (κ3) is 3.50. The molecule has 0 aliphatic carbocycles. The van der Waals surface area contributed by atoms with E-state index in [1.54, 1.807) is 12.1 Å². The van der Waals surface area contributed by atoms with E-state index in [2.05, 4.69) is 27.3 Å². The molecule has 0 spiro atoms. The molecule has 0 bridgehead atoms. The van der Waals surface area contributed by atoms with Crippen LogP contribution in [0.4, 0.5) is 5.69 Å². The van der Waals surface area contributed by atoms with Gasteiger partial charge in [-0.2, -0.15) is 5.26 Å². The largest absolute Gasteiger partial charge is 0.324 e. The molecule has 1 unspecified atom stereocenters. The molecule has 1 atom stereocenters. The van der Waals surface area contributed by atoms with Crippen LogP contribution < -0.4 is 5.32 Å². The number of nitrogens with one attached hydrogen (secondary N) is 1. The Kier molecular flexibility index (Phi) is 4.77. The fourth-order valence-corrected chi connectivity index (χ4v) is 2.92. The SMILES string of the molecule is Cc1cc(Br)cc(C)c1NC(=O)C(C#N)c1ccccc1. The number of rotatable bonds is 3. The summed E-state index contributed by atoms with van der Waals surface area (Å²) in [5.41, 5.74) is 3.38. The summed E-state index contributed by atoms with van der Waals surface area (Å²) in [6, 6.07) is 15.0. The Labute approximate surface area is 132 Å². The number of carbonyl (C=O) groups is 1. The van der Waals surface area contributed by atoms with Gasteiger partial charge in [0.15, 0.2) is 5.92 Å². The van der Waals surface area contributed by atoms with Crippen LogP contribution in [0, 0.1) is 25.2 Å². The third-order valence-corrected chi connectivity index (χ3v) is 3.73. The molecular weight excluding hydrogens is 328 g/mol. The highest BCUT2D eigenvalue weighted by atomic mass is 79.9. The van der Waals surface area contributed by atoms with Crippen molar-refractivity contribution in [1.82, 2.24) is 0 Å². The molecular formula is C17H15BrN2O. The Bertz CT molecular complexity index is 681. The summed E-state index contributed by atoms with van der Waals surface area (Å²) in [7, 11) is 0. The van der Waals surface area contributed by atoms with Crippen molar-refractivity contribution in [3.05, 3.63) is 63.6 Å². The number of aryl methyl sites for hydroxylation is 2. The second-order valence-electron chi connectivity index (χ2n) is 4.88. The number of nitriles is 1. The number of anilines is 1. The Morgan fingerprint density at radius 2 is 1.76 bits per heavy atom. The lowest BCUT2D eigenvalue weighted by Gasteiger charge is -2.15. The molecule has 3 nitrogen and oxygen atoms in total. The molecule has 0 fully saturated rings. The molecule has 0 heterocycles. The monoisotopic (exact) mass is 342 g/mol. The zero-order valence-corrected chi connectivity index (χ0v) is 13.4. The molecule has 2 aromatic rings. The Balaban J connectivity index is 2.28. The van der Waals surface area contributed by atoms with Crippen LogP contribution in [0.5, 0.6) is 0 Å². The lowest BCUT2D eigenvalue weighted by atomic mass is 9.99. The van der Waals surface area contributed by atoms with Gasteiger partial charge in [0.25, 0.3) is 0 Å². The van der Waals surface area contributed by atoms with E-state index < -0.39 is 5.92 Å². The molecule has 1 amide bonds. The summed E-state index contributed by atoms with van der Waals surface area (Å²) in [5, 5.41) is 12.2. The van der Waals surface area contributed by atoms with E-state index in [0.717, 1.165) is 21.3 Å². The maximum absolute atomic E-state index is 12.4. The van der Waals surface area contributed by atoms with E-state index >= 15 is 0 Å². The molecule has 0 radical (unpaired) electrons. The van der Waals surface area contributed by atoms with E-state index in [0.29, 0.717) is 5.56 Å². The van der Waals surface area contributed by atoms with Crippen LogP contribution in [0.15, 0.2) is 46.9 Å². The average molecular weight is 343 g/mol. The van der Waals surface area contributed by atoms with Crippen molar-refractivity contribution in [3.63, 3.8) is 0 Å². The highest BCUT2D eigenvalue weighted by Gasteiger charge is 2.21. The van der Waals surface area contributed by atoms with Crippen molar-refractivity contribution in [3.8, 4) is 6.07 Å². The molecule has 106 valence electrons. The van der Waals surface area contributed by atoms with Crippen molar-refractivity contribution in [2.45, 2.75) is 19.8 Å². The van der Waals surface area contributed by atoms with Crippen LogP contribution >= 0.6 is 15.9 Å². The van der Waals surface area contributed by atoms with Crippen LogP contribution in [0.2, 0.25) is 0 Å². The highest BCUT2D eigenvalue weighted by Crippen LogP contribution is 2.26. The number of hydrogen-bond donors (Lipinski definition) is 1. The molecule has 0 saturated heterocycles. The summed E-state index contributed by atoms with van der Waals surface area (Å²) < 4.78 is 0.968. The number of hydrogen-bond acceptors (Lipinski definition) is 2. The Morgan fingerprint density at radius 1 is 1.19 bits per heavy atom. The van der Waals surface area contributed by atoms with E-state index in [9.17, 15) is 10.1 Å². The van der Waals surface area contributed by atoms with Gasteiger partial charge in [0, 0.05) is 10.2 Å². The van der Waals surface area contributed by atoms with Crippen molar-refractivity contribution in [1.29, 1.82) is 5.26 Å². The van der Waals surface area contributed by atoms with Gasteiger partial charge in [-0.25, -0.2) is 0 Å². The van der Waals surface area contributed by atoms with Gasteiger partial charge in [0.05, 0.1) is 6.07 Å². The topological polar surface area (TPSA) is 52.9 Å². The summed E-state index contributed by atoms with van der Waals surface area (Å²) in [6.45, 7) is 3.86. The maximum Gasteiger partial charge on any atom is 0.246 e. The molecule has 0 aromatic heterocycles. The van der Waals surface area contributed by atoms with Gasteiger partial charge < -0.3 is 5.32 Å². The summed E-state index contributed by atoms with van der Waals surface area (Å²) in [6.07, 6.45) is 0. The zero-order chi connectivity index (χ0) is 15.4. The standard InChI is InChI=1S/C17H15BrN2O/c1-11-8-14(18)9-12(2)16(11)20-17(21)15(10-19)13-6-4-3-5-7-13/h3-9,15H,1-2H3,(H,20,21). The molecule has 2 rings (SSSR count). The first-order valence-electron chi connectivity index (χ1n) is 6.55. The van der Waals surface area contributed by atoms with Crippen LogP contribution in [0.1, 0.15) is 22.6 Å². The minimum atomic E-state index is -0.811. The zero-order valence-electron chi connectivity index (χ0n) is 11.9. The first-order chi connectivity index (χ1) is 10.0. The Morgan fingerprint density at radius 3 is 2.29 bits per heavy atom. The van der Waals surface area contributed by atoms with Crippen molar-refractivity contribution >= 4 is 27.5 Å². The summed E-state index contributed by atoms with van der Waals surface area (Å²) >= 11 is 3.43. The number of carbonyl (C=O) groups excluding carboxylic acids is 1. The average Bonchev–Trinajstić information content (AvgIpc) is 2.45. The smallest absolute Gasteiger partial charge is 0.246 e. The highest BCUT2D eigenvalue weighted by molar-refractivity contribution is 9.10. The quantitative estimate of drug-likeness (QED) is 0.903. The predicted molar refractivity (Wildman–Crippen MR) is 87.0 cm³/mol. The number of amides is 1. The summed E-state index contributed by atoms with van der Waals surface area (Å²) in [4.78, 5) is 12.4. The predicted octanol–water partition coefficient (Wildman–Crippen LogP) is 4.31. The summed E-state index contributed by atoms with van der Waals surface area (Å²) in [5.74, 6) is -1.12. The minimum Gasteiger partial charge on any atom is -0.324 e. The second kappa shape index (κ2) is 6.55. The van der Waals surface area contributed by atoms with Crippen molar-refractivity contribution in [2.75, 3.05) is 5.32 Å². The first kappa shape index (κ1) is 15.3. The van der Waals surface area contributed by atoms with Gasteiger partial charge in [-0.1, -0.05) is 46.3 Å². The van der Waals surface area contributed by atoms with Crippen molar-refractivity contribution < 1.29 is 4.79 Å². The normalized spacial score (nSPS) is 11.5. The molecule has 0 aliphatic rings. The fraction of sp³-hybridized carbons (Fsp3) is 0.176. The van der Waals surface area contributed by atoms with Gasteiger partial charge in [-0.15, -0.1) is 0 Å². The number of nitrogens with zero attached hydrogens (tertiary/aromatic N) is 1. The van der Waals surface area contributed by atoms with Crippen LogP contribution in [0.3, 0.4) is 0 Å². The maximum atomic E-state index is 12.4. The van der Waals surface area contributed by atoms with Gasteiger partial charge in [0.1, 0.15) is 0 Å². The lowest BCUT2D eigenvalue weighted by molar-refractivity contribution is -0.116. The second-order valence-corrected chi connectivity index (χ2v) is 5.79. The van der Waals surface area contributed by atoms with E-state index in [1.807, 2.05) is 44.2 Å². The Hall–Kier alpha value is -2.12. The fourth-order valence-electron chi connectivity index (χ4n) is 2.23. The number of halogens is 1. The van der Waals surface area contributed by atoms with Crippen LogP contribution in [-0.2, 0) is 4.79 Å². The molecule has 1 N–H and O–H groups in total. The van der Waals surface area contributed by atoms with Gasteiger partial charge in [0.2, 0.25) is 5.91 Å². The van der Waals surface area contributed by atoms with Crippen LogP contribution in [-0.4, -0.2) is 5.91 Å². The first-order valence-corrected chi connectivity index (χ1v) is 7.34. The van der Waals surface area contributed by atoms with Gasteiger partial charge >= 0.3 is 0 Å². The van der Waals surface area contributed by atoms with Gasteiger partial charge in [-0.3, -0.25) is 4.79 Å². The van der Waals surface area contributed by atoms with E-state index in [-0.39, 0.29) is 5.91 Å². The molecule has 21 heavy (non-hydrogen) atoms. The molecule has 0 saturated carbocycles. The minimum absolute atomic E-state index is 0.308. The lowest BCUT2D eigenvalue weighted by Crippen LogP contribution is -2.21. The molecule has 2 aromatic carbocycles. The van der Waals surface area contributed by atoms with E-state index in [1.165, 1.54) is 0 Å². The van der Waals surface area contributed by atoms with Crippen molar-refractivity contribution in [2.24, 2.45) is 0 Å². The van der Waals surface area contributed by atoms with Crippen LogP contribution in [0.25, 0.3) is 0 Å². The van der Waals surface area contributed by atoms with Gasteiger partial charge in [-0.05, 0) is 42.7 Å². The third-order valence-electron chi connectivity index (χ3n) is 3.27. The van der Waals surface area contributed by atoms with E-state index in [4.69, 9.17) is 0 Å². The molecule has 4 heteroatoms. The number of benzene rings is 2.